The Hall–Kier alpha value is -2.56. The van der Waals surface area contributed by atoms with Crippen LogP contribution in [0.5, 0.6) is 5.75 Å². The minimum atomic E-state index is -0.634. The van der Waals surface area contributed by atoms with Gasteiger partial charge >= 0.3 is 7.12 Å². The lowest BCUT2D eigenvalue weighted by Gasteiger charge is -2.32. The molecular formula is C24H25BO3. The number of phenolic OH excluding ortho intramolecular Hbond substituents is 1. The van der Waals surface area contributed by atoms with Crippen LogP contribution >= 0.6 is 0 Å². The predicted molar refractivity (Wildman–Crippen MR) is 115 cm³/mol. The van der Waals surface area contributed by atoms with E-state index in [2.05, 4.69) is 6.07 Å². The molecule has 28 heavy (non-hydrogen) atoms. The largest absolute Gasteiger partial charge is 0.508 e. The molecule has 0 amide bonds. The van der Waals surface area contributed by atoms with Gasteiger partial charge in [-0.05, 0) is 62.1 Å². The summed E-state index contributed by atoms with van der Waals surface area (Å²) < 4.78 is 12.5. The highest BCUT2D eigenvalue weighted by atomic mass is 16.7. The average molecular weight is 372 g/mol. The fraction of sp³-hybridized carbons (Fsp3) is 0.250. The van der Waals surface area contributed by atoms with Crippen molar-refractivity contribution in [1.82, 2.24) is 0 Å². The molecule has 1 aliphatic rings. The number of rotatable bonds is 3. The Morgan fingerprint density at radius 1 is 0.679 bits per heavy atom. The third-order valence-electron chi connectivity index (χ3n) is 5.84. The highest BCUT2D eigenvalue weighted by molar-refractivity contribution is 6.65. The van der Waals surface area contributed by atoms with Crippen LogP contribution in [0.3, 0.4) is 0 Å². The zero-order valence-corrected chi connectivity index (χ0v) is 16.8. The van der Waals surface area contributed by atoms with Gasteiger partial charge in [-0.2, -0.15) is 0 Å². The molecule has 1 N–H and O–H groups in total. The van der Waals surface area contributed by atoms with Crippen molar-refractivity contribution in [2.24, 2.45) is 0 Å². The lowest BCUT2D eigenvalue weighted by molar-refractivity contribution is 0.00578. The summed E-state index contributed by atoms with van der Waals surface area (Å²) in [5.74, 6) is 0.179. The quantitative estimate of drug-likeness (QED) is 0.656. The summed E-state index contributed by atoms with van der Waals surface area (Å²) in [5, 5.41) is 11.0. The monoisotopic (exact) mass is 372 g/mol. The molecule has 0 spiro atoms. The standard InChI is InChI=1S/C24H25BO3/c1-23(2)24(3,4)28-25(27-23)22-20(18-13-9-6-10-14-18)15-19(16-21(22)26)17-11-7-5-8-12-17/h5-16,26H,1-4H3. The highest BCUT2D eigenvalue weighted by Crippen LogP contribution is 2.39. The second-order valence-corrected chi connectivity index (χ2v) is 8.28. The first kappa shape index (κ1) is 18.8. The summed E-state index contributed by atoms with van der Waals surface area (Å²) >= 11 is 0. The van der Waals surface area contributed by atoms with Crippen molar-refractivity contribution in [3.05, 3.63) is 72.8 Å². The normalized spacial score (nSPS) is 17.6. The molecule has 0 saturated carbocycles. The molecule has 0 aromatic heterocycles. The molecule has 1 heterocycles. The van der Waals surface area contributed by atoms with Gasteiger partial charge in [0.1, 0.15) is 5.75 Å². The summed E-state index contributed by atoms with van der Waals surface area (Å²) in [4.78, 5) is 0. The van der Waals surface area contributed by atoms with Crippen LogP contribution in [0.1, 0.15) is 27.7 Å². The number of hydrogen-bond donors (Lipinski definition) is 1. The first-order valence-electron chi connectivity index (χ1n) is 9.62. The van der Waals surface area contributed by atoms with Crippen molar-refractivity contribution in [3.63, 3.8) is 0 Å². The molecule has 1 saturated heterocycles. The Balaban J connectivity index is 1.89. The minimum absolute atomic E-state index is 0.179. The van der Waals surface area contributed by atoms with Crippen molar-refractivity contribution < 1.29 is 14.4 Å². The molecular weight excluding hydrogens is 347 g/mol. The van der Waals surface area contributed by atoms with E-state index in [1.807, 2.05) is 88.4 Å². The molecule has 0 aliphatic carbocycles. The minimum Gasteiger partial charge on any atom is -0.508 e. The lowest BCUT2D eigenvalue weighted by Crippen LogP contribution is -2.41. The van der Waals surface area contributed by atoms with Crippen molar-refractivity contribution in [2.45, 2.75) is 38.9 Å². The molecule has 0 bridgehead atoms. The van der Waals surface area contributed by atoms with E-state index >= 15 is 0 Å². The van der Waals surface area contributed by atoms with E-state index in [9.17, 15) is 5.11 Å². The zero-order chi connectivity index (χ0) is 19.9. The van der Waals surface area contributed by atoms with E-state index in [0.29, 0.717) is 5.46 Å². The molecule has 0 atom stereocenters. The Bertz CT molecular complexity index is 965. The van der Waals surface area contributed by atoms with E-state index in [1.165, 1.54) is 0 Å². The highest BCUT2D eigenvalue weighted by Gasteiger charge is 2.53. The maximum atomic E-state index is 11.0. The summed E-state index contributed by atoms with van der Waals surface area (Å²) in [5.41, 5.74) is 3.65. The molecule has 4 heteroatoms. The third kappa shape index (κ3) is 3.23. The lowest BCUT2D eigenvalue weighted by atomic mass is 9.73. The van der Waals surface area contributed by atoms with Crippen molar-refractivity contribution in [2.75, 3.05) is 0 Å². The Labute approximate surface area is 167 Å². The molecule has 4 rings (SSSR count). The van der Waals surface area contributed by atoms with Crippen LogP contribution in [0.2, 0.25) is 0 Å². The van der Waals surface area contributed by atoms with Gasteiger partial charge in [0.15, 0.2) is 0 Å². The topological polar surface area (TPSA) is 38.7 Å². The van der Waals surface area contributed by atoms with E-state index in [-0.39, 0.29) is 5.75 Å². The van der Waals surface area contributed by atoms with Crippen molar-refractivity contribution >= 4 is 12.6 Å². The van der Waals surface area contributed by atoms with Gasteiger partial charge in [0.25, 0.3) is 0 Å². The molecule has 3 aromatic rings. The second-order valence-electron chi connectivity index (χ2n) is 8.28. The smallest absolute Gasteiger partial charge is 0.499 e. The van der Waals surface area contributed by atoms with Gasteiger partial charge in [0, 0.05) is 5.46 Å². The van der Waals surface area contributed by atoms with Gasteiger partial charge in [0.2, 0.25) is 0 Å². The first-order valence-corrected chi connectivity index (χ1v) is 9.62. The van der Waals surface area contributed by atoms with Crippen LogP contribution in [-0.2, 0) is 9.31 Å². The molecule has 3 aromatic carbocycles. The fourth-order valence-electron chi connectivity index (χ4n) is 3.50. The molecule has 0 radical (unpaired) electrons. The number of aromatic hydroxyl groups is 1. The zero-order valence-electron chi connectivity index (χ0n) is 16.8. The van der Waals surface area contributed by atoms with Gasteiger partial charge in [-0.1, -0.05) is 60.7 Å². The van der Waals surface area contributed by atoms with Crippen LogP contribution < -0.4 is 5.46 Å². The molecule has 3 nitrogen and oxygen atoms in total. The van der Waals surface area contributed by atoms with Crippen LogP contribution in [-0.4, -0.2) is 23.4 Å². The Morgan fingerprint density at radius 3 is 1.71 bits per heavy atom. The van der Waals surface area contributed by atoms with Crippen molar-refractivity contribution in [1.29, 1.82) is 0 Å². The van der Waals surface area contributed by atoms with Crippen LogP contribution in [0.25, 0.3) is 22.3 Å². The fourth-order valence-corrected chi connectivity index (χ4v) is 3.50. The molecule has 0 unspecified atom stereocenters. The van der Waals surface area contributed by atoms with Gasteiger partial charge in [-0.25, -0.2) is 0 Å². The van der Waals surface area contributed by atoms with Gasteiger partial charge < -0.3 is 14.4 Å². The summed E-state index contributed by atoms with van der Waals surface area (Å²) in [6, 6.07) is 24.0. The van der Waals surface area contributed by atoms with Gasteiger partial charge in [-0.3, -0.25) is 0 Å². The second kappa shape index (κ2) is 6.80. The summed E-state index contributed by atoms with van der Waals surface area (Å²) in [6.45, 7) is 8.07. The first-order chi connectivity index (χ1) is 13.3. The SMILES string of the molecule is CC1(C)OB(c2c(O)cc(-c3ccccc3)cc2-c2ccccc2)OC1(C)C. The van der Waals surface area contributed by atoms with Crippen LogP contribution in [0, 0.1) is 0 Å². The number of hydrogen-bond acceptors (Lipinski definition) is 3. The Kier molecular flexibility index (Phi) is 4.57. The van der Waals surface area contributed by atoms with Crippen molar-refractivity contribution in [3.8, 4) is 28.0 Å². The van der Waals surface area contributed by atoms with Crippen LogP contribution in [0.4, 0.5) is 0 Å². The average Bonchev–Trinajstić information content (AvgIpc) is 2.89. The molecule has 1 aliphatic heterocycles. The van der Waals surface area contributed by atoms with Crippen LogP contribution in [0.15, 0.2) is 72.8 Å². The summed E-state index contributed by atoms with van der Waals surface area (Å²) in [7, 11) is -0.634. The van der Waals surface area contributed by atoms with E-state index < -0.39 is 18.3 Å². The summed E-state index contributed by atoms with van der Waals surface area (Å²) in [6.07, 6.45) is 0. The van der Waals surface area contributed by atoms with E-state index in [4.69, 9.17) is 9.31 Å². The molecule has 142 valence electrons. The van der Waals surface area contributed by atoms with E-state index in [1.54, 1.807) is 6.07 Å². The number of benzene rings is 3. The maximum absolute atomic E-state index is 11.0. The molecule has 1 fully saturated rings. The third-order valence-corrected chi connectivity index (χ3v) is 5.84. The van der Waals surface area contributed by atoms with E-state index in [0.717, 1.165) is 22.3 Å². The van der Waals surface area contributed by atoms with Gasteiger partial charge in [-0.15, -0.1) is 0 Å². The number of phenols is 1. The Morgan fingerprint density at radius 2 is 1.18 bits per heavy atom. The predicted octanol–water partition coefficient (Wildman–Crippen LogP) is 5.03. The van der Waals surface area contributed by atoms with Gasteiger partial charge in [0.05, 0.1) is 11.2 Å². The maximum Gasteiger partial charge on any atom is 0.499 e.